The van der Waals surface area contributed by atoms with E-state index in [1.807, 2.05) is 36.4 Å². The molecule has 0 aliphatic carbocycles. The molecule has 0 spiro atoms. The first kappa shape index (κ1) is 20.1. The second-order valence-electron chi connectivity index (χ2n) is 6.86. The summed E-state index contributed by atoms with van der Waals surface area (Å²) in [6.45, 7) is 3.19. The molecule has 2 aromatic rings. The molecule has 29 heavy (non-hydrogen) atoms. The molecule has 0 saturated carbocycles. The van der Waals surface area contributed by atoms with Crippen molar-refractivity contribution in [2.75, 3.05) is 53.7 Å². The Balaban J connectivity index is 1.44. The lowest BCUT2D eigenvalue weighted by molar-refractivity contribution is -0.117. The average Bonchev–Trinajstić information content (AvgIpc) is 2.74. The summed E-state index contributed by atoms with van der Waals surface area (Å²) in [6.07, 6.45) is 0.208. The first-order valence-electron chi connectivity index (χ1n) is 9.56. The van der Waals surface area contributed by atoms with E-state index in [1.165, 1.54) is 11.8 Å². The van der Waals surface area contributed by atoms with E-state index >= 15 is 0 Å². The van der Waals surface area contributed by atoms with Crippen molar-refractivity contribution < 1.29 is 14.3 Å². The van der Waals surface area contributed by atoms with Crippen LogP contribution in [0.15, 0.2) is 47.4 Å². The van der Waals surface area contributed by atoms with Crippen LogP contribution in [0.2, 0.25) is 5.02 Å². The minimum atomic E-state index is -0.148. The fourth-order valence-corrected chi connectivity index (χ4v) is 4.62. The minimum absolute atomic E-state index is 0.0262. The number of ether oxygens (including phenoxy) is 1. The fourth-order valence-electron chi connectivity index (χ4n) is 3.51. The van der Waals surface area contributed by atoms with Crippen molar-refractivity contribution in [3.05, 3.63) is 47.5 Å². The summed E-state index contributed by atoms with van der Waals surface area (Å²) >= 11 is 7.70. The Morgan fingerprint density at radius 1 is 1.14 bits per heavy atom. The van der Waals surface area contributed by atoms with E-state index < -0.39 is 0 Å². The number of carbonyl (C=O) groups is 2. The maximum Gasteiger partial charge on any atom is 0.237 e. The molecule has 0 atom stereocenters. The van der Waals surface area contributed by atoms with Crippen LogP contribution in [-0.2, 0) is 14.3 Å². The molecule has 0 bridgehead atoms. The van der Waals surface area contributed by atoms with E-state index in [9.17, 15) is 9.59 Å². The van der Waals surface area contributed by atoms with E-state index in [4.69, 9.17) is 16.3 Å². The molecule has 0 unspecified atom stereocenters. The number of amides is 2. The maximum atomic E-state index is 12.7. The lowest BCUT2D eigenvalue weighted by Gasteiger charge is -2.31. The van der Waals surface area contributed by atoms with Crippen molar-refractivity contribution in [3.8, 4) is 0 Å². The molecule has 1 N–H and O–H groups in total. The quantitative estimate of drug-likeness (QED) is 0.783. The predicted octanol–water partition coefficient (Wildman–Crippen LogP) is 3.64. The minimum Gasteiger partial charge on any atom is -0.378 e. The van der Waals surface area contributed by atoms with Gasteiger partial charge in [0.15, 0.2) is 0 Å². The topological polar surface area (TPSA) is 61.9 Å². The highest BCUT2D eigenvalue weighted by Crippen LogP contribution is 2.35. The van der Waals surface area contributed by atoms with Gasteiger partial charge in [0.2, 0.25) is 11.8 Å². The number of halogens is 1. The lowest BCUT2D eigenvalue weighted by atomic mass is 10.2. The highest BCUT2D eigenvalue weighted by molar-refractivity contribution is 8.00. The molecule has 0 radical (unpaired) electrons. The first-order valence-corrected chi connectivity index (χ1v) is 10.9. The zero-order valence-corrected chi connectivity index (χ0v) is 17.5. The fraction of sp³-hybridized carbons (Fsp3) is 0.333. The molecule has 8 heteroatoms. The van der Waals surface area contributed by atoms with Gasteiger partial charge in [-0.3, -0.25) is 9.59 Å². The summed E-state index contributed by atoms with van der Waals surface area (Å²) in [5.41, 5.74) is 2.49. The van der Waals surface area contributed by atoms with Crippen LogP contribution in [0, 0.1) is 0 Å². The second-order valence-corrected chi connectivity index (χ2v) is 8.31. The number of rotatable bonds is 5. The third kappa shape index (κ3) is 4.69. The standard InChI is InChI=1S/C21H22ClN3O3S/c22-15-5-6-17(24-9-11-28-12-10-24)16(13-15)23-20(26)7-8-25-18-3-1-2-4-19(18)29-14-21(25)27/h1-6,13H,7-12,14H2,(H,23,26). The number of hydrogen-bond donors (Lipinski definition) is 1. The van der Waals surface area contributed by atoms with Crippen molar-refractivity contribution in [1.29, 1.82) is 0 Å². The summed E-state index contributed by atoms with van der Waals surface area (Å²) < 4.78 is 5.42. The molecule has 1 saturated heterocycles. The average molecular weight is 432 g/mol. The van der Waals surface area contributed by atoms with Crippen molar-refractivity contribution in [2.45, 2.75) is 11.3 Å². The van der Waals surface area contributed by atoms with Gasteiger partial charge in [0.25, 0.3) is 0 Å². The Morgan fingerprint density at radius 3 is 2.76 bits per heavy atom. The Kier molecular flexibility index (Phi) is 6.28. The van der Waals surface area contributed by atoms with Gasteiger partial charge in [-0.25, -0.2) is 0 Å². The number of carbonyl (C=O) groups excluding carboxylic acids is 2. The van der Waals surface area contributed by atoms with E-state index in [0.717, 1.165) is 29.4 Å². The van der Waals surface area contributed by atoms with Crippen LogP contribution in [0.5, 0.6) is 0 Å². The number of fused-ring (bicyclic) bond motifs is 1. The molecular weight excluding hydrogens is 410 g/mol. The highest BCUT2D eigenvalue weighted by Gasteiger charge is 2.25. The van der Waals surface area contributed by atoms with Gasteiger partial charge in [0.05, 0.1) is 36.0 Å². The monoisotopic (exact) mass is 431 g/mol. The zero-order chi connectivity index (χ0) is 20.2. The molecular formula is C21H22ClN3O3S. The van der Waals surface area contributed by atoms with Crippen LogP contribution >= 0.6 is 23.4 Å². The summed E-state index contributed by atoms with van der Waals surface area (Å²) in [6, 6.07) is 13.3. The summed E-state index contributed by atoms with van der Waals surface area (Å²) in [5, 5.41) is 3.54. The number of morpholine rings is 1. The van der Waals surface area contributed by atoms with Crippen molar-refractivity contribution in [1.82, 2.24) is 0 Å². The van der Waals surface area contributed by atoms with Crippen LogP contribution in [-0.4, -0.2) is 50.4 Å². The van der Waals surface area contributed by atoms with Crippen LogP contribution in [0.25, 0.3) is 0 Å². The van der Waals surface area contributed by atoms with Crippen LogP contribution in [0.4, 0.5) is 17.1 Å². The van der Waals surface area contributed by atoms with Gasteiger partial charge in [0.1, 0.15) is 0 Å². The SMILES string of the molecule is O=C(CCN1C(=O)CSc2ccccc21)Nc1cc(Cl)ccc1N1CCOCC1. The third-order valence-electron chi connectivity index (χ3n) is 4.96. The van der Waals surface area contributed by atoms with Crippen molar-refractivity contribution >= 4 is 52.2 Å². The van der Waals surface area contributed by atoms with Gasteiger partial charge < -0.3 is 19.9 Å². The number of nitrogens with one attached hydrogen (secondary N) is 1. The molecule has 2 heterocycles. The van der Waals surface area contributed by atoms with E-state index in [2.05, 4.69) is 10.2 Å². The van der Waals surface area contributed by atoms with Gasteiger partial charge in [-0.1, -0.05) is 23.7 Å². The third-order valence-corrected chi connectivity index (χ3v) is 6.24. The van der Waals surface area contributed by atoms with Crippen LogP contribution in [0.1, 0.15) is 6.42 Å². The smallest absolute Gasteiger partial charge is 0.237 e. The van der Waals surface area contributed by atoms with Crippen LogP contribution < -0.4 is 15.1 Å². The Labute approximate surface area is 179 Å². The van der Waals surface area contributed by atoms with Crippen molar-refractivity contribution in [2.24, 2.45) is 0 Å². The predicted molar refractivity (Wildman–Crippen MR) is 117 cm³/mol. The van der Waals surface area contributed by atoms with Gasteiger partial charge in [-0.05, 0) is 30.3 Å². The van der Waals surface area contributed by atoms with E-state index in [0.29, 0.717) is 36.2 Å². The molecule has 2 amide bonds. The van der Waals surface area contributed by atoms with Crippen LogP contribution in [0.3, 0.4) is 0 Å². The molecule has 2 aromatic carbocycles. The van der Waals surface area contributed by atoms with E-state index in [1.54, 1.807) is 11.0 Å². The number of nitrogens with zero attached hydrogens (tertiary/aromatic N) is 2. The van der Waals surface area contributed by atoms with Crippen molar-refractivity contribution in [3.63, 3.8) is 0 Å². The number of para-hydroxylation sites is 1. The number of benzene rings is 2. The number of hydrogen-bond acceptors (Lipinski definition) is 5. The summed E-state index contributed by atoms with van der Waals surface area (Å²) in [4.78, 5) is 30.0. The molecule has 0 aromatic heterocycles. The Hall–Kier alpha value is -2.22. The highest BCUT2D eigenvalue weighted by atomic mass is 35.5. The van der Waals surface area contributed by atoms with E-state index in [-0.39, 0.29) is 18.2 Å². The maximum absolute atomic E-state index is 12.7. The molecule has 2 aliphatic rings. The Bertz CT molecular complexity index is 918. The number of thioether (sulfide) groups is 1. The summed E-state index contributed by atoms with van der Waals surface area (Å²) in [5.74, 6) is 0.275. The zero-order valence-electron chi connectivity index (χ0n) is 15.9. The Morgan fingerprint density at radius 2 is 1.93 bits per heavy atom. The first-order chi connectivity index (χ1) is 14.1. The number of anilines is 3. The van der Waals surface area contributed by atoms with Gasteiger partial charge >= 0.3 is 0 Å². The van der Waals surface area contributed by atoms with Gasteiger partial charge in [-0.15, -0.1) is 11.8 Å². The van der Waals surface area contributed by atoms with Gasteiger partial charge in [-0.2, -0.15) is 0 Å². The largest absolute Gasteiger partial charge is 0.378 e. The molecule has 1 fully saturated rings. The summed E-state index contributed by atoms with van der Waals surface area (Å²) in [7, 11) is 0. The van der Waals surface area contributed by atoms with Gasteiger partial charge in [0, 0.05) is 36.0 Å². The molecule has 152 valence electrons. The normalized spacial score (nSPS) is 16.5. The lowest BCUT2D eigenvalue weighted by Crippen LogP contribution is -2.38. The molecule has 6 nitrogen and oxygen atoms in total. The molecule has 2 aliphatic heterocycles. The second kappa shape index (κ2) is 9.07. The molecule has 4 rings (SSSR count).